The van der Waals surface area contributed by atoms with Crippen molar-refractivity contribution in [1.29, 1.82) is 0 Å². The number of fused-ring (bicyclic) bond motifs is 1. The molecule has 2 aromatic carbocycles. The molecule has 5 nitrogen and oxygen atoms in total. The Balaban J connectivity index is 2.69. The Morgan fingerprint density at radius 3 is 2.47 bits per heavy atom. The van der Waals surface area contributed by atoms with E-state index in [0.29, 0.717) is 11.7 Å². The van der Waals surface area contributed by atoms with E-state index < -0.39 is 10.3 Å². The minimum Gasteiger partial charge on any atom is -0.298 e. The fraction of sp³-hybridized carbons (Fsp3) is 0. The van der Waals surface area contributed by atoms with Crippen LogP contribution in [0.2, 0.25) is 0 Å². The Labute approximate surface area is 98.0 Å². The molecular weight excluding hydrogens is 242 g/mol. The van der Waals surface area contributed by atoms with Gasteiger partial charge in [0.1, 0.15) is 0 Å². The predicted octanol–water partition coefficient (Wildman–Crippen LogP) is 1.69. The summed E-state index contributed by atoms with van der Waals surface area (Å²) in [5, 5.41) is 1.39. The van der Waals surface area contributed by atoms with Gasteiger partial charge in [-0.2, -0.15) is 8.42 Å². The molecule has 0 heterocycles. The van der Waals surface area contributed by atoms with Crippen LogP contribution in [0.3, 0.4) is 0 Å². The summed E-state index contributed by atoms with van der Waals surface area (Å²) in [6.07, 6.45) is 0.520. The van der Waals surface area contributed by atoms with E-state index in [9.17, 15) is 13.2 Å². The van der Waals surface area contributed by atoms with E-state index >= 15 is 0 Å². The molecule has 1 radical (unpaired) electrons. The van der Waals surface area contributed by atoms with Crippen molar-refractivity contribution in [3.63, 3.8) is 0 Å². The highest BCUT2D eigenvalue weighted by Crippen LogP contribution is 2.25. The Morgan fingerprint density at radius 1 is 1.12 bits per heavy atom. The topological polar surface area (TPSA) is 85.5 Å². The van der Waals surface area contributed by atoms with Crippen molar-refractivity contribution in [3.05, 3.63) is 42.0 Å². The van der Waals surface area contributed by atoms with Crippen LogP contribution in [-0.4, -0.2) is 19.3 Å². The van der Waals surface area contributed by atoms with Crippen LogP contribution in [0.4, 0.5) is 5.69 Å². The highest BCUT2D eigenvalue weighted by Gasteiger charge is 2.13. The highest BCUT2D eigenvalue weighted by atomic mass is 32.2. The van der Waals surface area contributed by atoms with Crippen LogP contribution in [0, 0.1) is 0 Å². The van der Waals surface area contributed by atoms with Gasteiger partial charge in [-0.15, -0.1) is 4.72 Å². The lowest BCUT2D eigenvalue weighted by molar-refractivity contribution is 0.112. The summed E-state index contributed by atoms with van der Waals surface area (Å²) in [5.41, 5.74) is 0.0712. The average molecular weight is 250 g/mol. The molecule has 0 unspecified atom stereocenters. The van der Waals surface area contributed by atoms with Gasteiger partial charge in [-0.25, -0.2) is 0 Å². The van der Waals surface area contributed by atoms with Crippen molar-refractivity contribution in [2.45, 2.75) is 0 Å². The summed E-state index contributed by atoms with van der Waals surface area (Å²) < 4.78 is 33.1. The van der Waals surface area contributed by atoms with Crippen molar-refractivity contribution in [1.82, 2.24) is 4.72 Å². The molecule has 0 bridgehead atoms. The maximum absolute atomic E-state index is 11.0. The van der Waals surface area contributed by atoms with Gasteiger partial charge in [0.05, 0.1) is 5.69 Å². The Morgan fingerprint density at radius 2 is 1.82 bits per heavy atom. The normalized spacial score (nSPS) is 11.4. The first-order valence-electron chi connectivity index (χ1n) is 4.68. The summed E-state index contributed by atoms with van der Waals surface area (Å²) in [7, 11) is -4.51. The molecule has 0 aliphatic heterocycles. The number of nitrogens with zero attached hydrogens (tertiary/aromatic N) is 1. The van der Waals surface area contributed by atoms with Crippen molar-refractivity contribution < 1.29 is 17.8 Å². The first-order valence-corrected chi connectivity index (χ1v) is 6.08. The Hall–Kier alpha value is -1.92. The summed E-state index contributed by atoms with van der Waals surface area (Å²) in [6.45, 7) is 0. The van der Waals surface area contributed by atoms with E-state index in [1.807, 2.05) is 0 Å². The number of hydrogen-bond donors (Lipinski definition) is 1. The summed E-state index contributed by atoms with van der Waals surface area (Å²) in [6, 6.07) is 10.0. The minimum absolute atomic E-state index is 0.0683. The largest absolute Gasteiger partial charge is 0.378 e. The number of hydrogen-bond acceptors (Lipinski definition) is 3. The smallest absolute Gasteiger partial charge is 0.298 e. The lowest BCUT2D eigenvalue weighted by atomic mass is 10.0. The number of rotatable bonds is 3. The number of aldehydes is 1. The summed E-state index contributed by atoms with van der Waals surface area (Å²) in [5.74, 6) is 0. The van der Waals surface area contributed by atoms with Crippen LogP contribution in [0.25, 0.3) is 10.8 Å². The number of carbonyl (C=O) groups excluding carboxylic acids is 1. The lowest BCUT2D eigenvalue weighted by Gasteiger charge is -2.06. The standard InChI is InChI=1S/C11H8NO4S/c13-7-10-9-4-2-1-3-8(9)5-6-11(10)12-17(14,15)16/h1-7H,(H,14,15,16). The van der Waals surface area contributed by atoms with Crippen molar-refractivity contribution in [2.24, 2.45) is 0 Å². The Kier molecular flexibility index (Phi) is 2.83. The third kappa shape index (κ3) is 2.43. The Bertz CT molecular complexity index is 679. The second kappa shape index (κ2) is 4.15. The maximum atomic E-state index is 11.0. The fourth-order valence-corrected chi connectivity index (χ4v) is 2.02. The van der Waals surface area contributed by atoms with Gasteiger partial charge < -0.3 is 0 Å². The van der Waals surface area contributed by atoms with Gasteiger partial charge in [0.15, 0.2) is 6.29 Å². The zero-order chi connectivity index (χ0) is 12.5. The van der Waals surface area contributed by atoms with Gasteiger partial charge in [0.2, 0.25) is 0 Å². The molecule has 0 aromatic heterocycles. The first kappa shape index (κ1) is 11.6. The van der Waals surface area contributed by atoms with Crippen LogP contribution in [-0.2, 0) is 10.3 Å². The average Bonchev–Trinajstić information content (AvgIpc) is 2.27. The van der Waals surface area contributed by atoms with Gasteiger partial charge in [0.25, 0.3) is 0 Å². The maximum Gasteiger partial charge on any atom is 0.378 e. The molecule has 2 aromatic rings. The van der Waals surface area contributed by atoms with Gasteiger partial charge >= 0.3 is 10.3 Å². The molecule has 2 rings (SSSR count). The van der Waals surface area contributed by atoms with Gasteiger partial charge in [-0.05, 0) is 16.8 Å². The van der Waals surface area contributed by atoms with Crippen LogP contribution in [0.1, 0.15) is 10.4 Å². The minimum atomic E-state index is -4.51. The monoisotopic (exact) mass is 250 g/mol. The van der Waals surface area contributed by atoms with E-state index in [0.717, 1.165) is 5.39 Å². The third-order valence-electron chi connectivity index (χ3n) is 2.28. The predicted molar refractivity (Wildman–Crippen MR) is 62.7 cm³/mol. The fourth-order valence-electron chi connectivity index (χ4n) is 1.61. The van der Waals surface area contributed by atoms with E-state index in [1.165, 1.54) is 6.07 Å². The third-order valence-corrected chi connectivity index (χ3v) is 2.71. The van der Waals surface area contributed by atoms with Crippen molar-refractivity contribution in [2.75, 3.05) is 0 Å². The van der Waals surface area contributed by atoms with Gasteiger partial charge in [-0.3, -0.25) is 9.35 Å². The van der Waals surface area contributed by atoms with Crippen molar-refractivity contribution in [3.8, 4) is 0 Å². The van der Waals surface area contributed by atoms with Crippen LogP contribution in [0.5, 0.6) is 0 Å². The molecule has 0 atom stereocenters. The second-order valence-electron chi connectivity index (χ2n) is 3.38. The molecule has 0 fully saturated rings. The van der Waals surface area contributed by atoms with E-state index in [-0.39, 0.29) is 11.3 Å². The first-order chi connectivity index (χ1) is 8.01. The van der Waals surface area contributed by atoms with E-state index in [4.69, 9.17) is 4.55 Å². The summed E-state index contributed by atoms with van der Waals surface area (Å²) >= 11 is 0. The van der Waals surface area contributed by atoms with E-state index in [1.54, 1.807) is 30.3 Å². The molecule has 17 heavy (non-hydrogen) atoms. The molecule has 87 valence electrons. The van der Waals surface area contributed by atoms with E-state index in [2.05, 4.69) is 4.72 Å². The number of carbonyl (C=O) groups is 1. The molecule has 0 saturated heterocycles. The van der Waals surface area contributed by atoms with Crippen LogP contribution in [0.15, 0.2) is 36.4 Å². The molecule has 0 amide bonds. The second-order valence-corrected chi connectivity index (χ2v) is 4.45. The lowest BCUT2D eigenvalue weighted by Crippen LogP contribution is -2.10. The molecular formula is C11H8NO4S. The zero-order valence-electron chi connectivity index (χ0n) is 8.57. The quantitative estimate of drug-likeness (QED) is 0.663. The van der Waals surface area contributed by atoms with Crippen molar-refractivity contribution >= 4 is 33.1 Å². The van der Waals surface area contributed by atoms with Gasteiger partial charge in [-0.1, -0.05) is 30.3 Å². The molecule has 0 aliphatic rings. The highest BCUT2D eigenvalue weighted by molar-refractivity contribution is 7.83. The van der Waals surface area contributed by atoms with Crippen LogP contribution >= 0.6 is 0 Å². The molecule has 0 spiro atoms. The zero-order valence-corrected chi connectivity index (χ0v) is 9.39. The SMILES string of the molecule is O=Cc1c([N]S(=O)(=O)O)ccc2ccccc12. The molecule has 0 saturated carbocycles. The summed E-state index contributed by atoms with van der Waals surface area (Å²) in [4.78, 5) is 11.0. The van der Waals surface area contributed by atoms with Gasteiger partial charge in [0, 0.05) is 5.56 Å². The number of benzene rings is 2. The van der Waals surface area contributed by atoms with Crippen LogP contribution < -0.4 is 4.72 Å². The molecule has 6 heteroatoms. The molecule has 1 N–H and O–H groups in total. The molecule has 0 aliphatic carbocycles.